The van der Waals surface area contributed by atoms with Gasteiger partial charge in [-0.2, -0.15) is 0 Å². The van der Waals surface area contributed by atoms with Crippen molar-refractivity contribution < 1.29 is 4.57 Å². The van der Waals surface area contributed by atoms with E-state index >= 15 is 0 Å². The molecule has 1 aromatic carbocycles. The lowest BCUT2D eigenvalue weighted by Crippen LogP contribution is -2.29. The van der Waals surface area contributed by atoms with E-state index in [-0.39, 0.29) is 0 Å². The number of hydrogen-bond donors (Lipinski definition) is 1. The summed E-state index contributed by atoms with van der Waals surface area (Å²) >= 11 is 7.39. The Labute approximate surface area is 79.2 Å². The third kappa shape index (κ3) is 1.06. The van der Waals surface area contributed by atoms with Crippen LogP contribution in [0.15, 0.2) is 18.2 Å². The number of aromatic nitrogens is 1. The fourth-order valence-electron chi connectivity index (χ4n) is 1.15. The van der Waals surface area contributed by atoms with E-state index in [9.17, 15) is 0 Å². The molecule has 1 heterocycles. The van der Waals surface area contributed by atoms with Gasteiger partial charge in [-0.05, 0) is 29.5 Å². The first-order valence-corrected chi connectivity index (χ1v) is 4.71. The molecular weight excluding hydrogens is 192 g/mol. The molecule has 0 saturated heterocycles. The van der Waals surface area contributed by atoms with Crippen LogP contribution in [0, 0.1) is 0 Å². The zero-order chi connectivity index (χ0) is 8.72. The van der Waals surface area contributed by atoms with Crippen LogP contribution in [0.2, 0.25) is 5.02 Å². The second kappa shape index (κ2) is 2.61. The average Bonchev–Trinajstić information content (AvgIpc) is 2.28. The van der Waals surface area contributed by atoms with Crippen LogP contribution in [0.4, 0.5) is 5.13 Å². The van der Waals surface area contributed by atoms with Gasteiger partial charge in [-0.1, -0.05) is 11.6 Å². The zero-order valence-corrected chi connectivity index (χ0v) is 8.12. The first kappa shape index (κ1) is 7.83. The molecule has 0 spiro atoms. The van der Waals surface area contributed by atoms with Crippen LogP contribution in [0.3, 0.4) is 0 Å². The van der Waals surface area contributed by atoms with Gasteiger partial charge in [0, 0.05) is 5.02 Å². The molecule has 62 valence electrons. The van der Waals surface area contributed by atoms with Crippen molar-refractivity contribution in [1.29, 1.82) is 0 Å². The molecule has 0 amide bonds. The summed E-state index contributed by atoms with van der Waals surface area (Å²) in [7, 11) is 1.95. The van der Waals surface area contributed by atoms with Crippen LogP contribution in [0.25, 0.3) is 10.2 Å². The summed E-state index contributed by atoms with van der Waals surface area (Å²) in [5.74, 6) is 0. The predicted octanol–water partition coefficient (Wildman–Crippen LogP) is 1.96. The first-order chi connectivity index (χ1) is 5.68. The molecule has 0 saturated carbocycles. The summed E-state index contributed by atoms with van der Waals surface area (Å²) in [4.78, 5) is 0. The summed E-state index contributed by atoms with van der Waals surface area (Å²) in [6.45, 7) is 0. The van der Waals surface area contributed by atoms with Gasteiger partial charge in [0.05, 0.1) is 11.7 Å². The Bertz CT molecular complexity index is 436. The van der Waals surface area contributed by atoms with E-state index in [0.29, 0.717) is 0 Å². The van der Waals surface area contributed by atoms with Crippen molar-refractivity contribution in [3.05, 3.63) is 23.2 Å². The lowest BCUT2D eigenvalue weighted by molar-refractivity contribution is -0.626. The highest BCUT2D eigenvalue weighted by atomic mass is 35.5. The summed E-state index contributed by atoms with van der Waals surface area (Å²) < 4.78 is 3.08. The third-order valence-corrected chi connectivity index (χ3v) is 3.09. The molecule has 2 aromatic rings. The minimum absolute atomic E-state index is 0.754. The number of aryl methyl sites for hydroxylation is 1. The highest BCUT2D eigenvalue weighted by Gasteiger charge is 2.10. The van der Waals surface area contributed by atoms with E-state index in [1.54, 1.807) is 11.3 Å². The van der Waals surface area contributed by atoms with Gasteiger partial charge >= 0.3 is 5.13 Å². The van der Waals surface area contributed by atoms with Gasteiger partial charge in [0.15, 0.2) is 0 Å². The number of nitrogens with zero attached hydrogens (tertiary/aromatic N) is 1. The summed E-state index contributed by atoms with van der Waals surface area (Å²) in [6.07, 6.45) is 0. The first-order valence-electron chi connectivity index (χ1n) is 3.52. The molecule has 0 bridgehead atoms. The summed E-state index contributed by atoms with van der Waals surface area (Å²) in [5.41, 5.74) is 6.87. The monoisotopic (exact) mass is 199 g/mol. The molecule has 2 N–H and O–H groups in total. The van der Waals surface area contributed by atoms with Crippen molar-refractivity contribution in [2.75, 3.05) is 5.73 Å². The maximum Gasteiger partial charge on any atom is 0.332 e. The van der Waals surface area contributed by atoms with Gasteiger partial charge in [0.2, 0.25) is 0 Å². The van der Waals surface area contributed by atoms with Crippen molar-refractivity contribution in [3.8, 4) is 0 Å². The largest absolute Gasteiger partial charge is 0.332 e. The SMILES string of the molecule is C[n+]1c(N)sc2cc(Cl)ccc21. The minimum Gasteiger partial charge on any atom is -0.278 e. The number of nitrogens with two attached hydrogens (primary N) is 1. The van der Waals surface area contributed by atoms with E-state index < -0.39 is 0 Å². The van der Waals surface area contributed by atoms with E-state index in [1.807, 2.05) is 29.8 Å². The van der Waals surface area contributed by atoms with E-state index in [4.69, 9.17) is 17.3 Å². The Morgan fingerprint density at radius 1 is 1.50 bits per heavy atom. The van der Waals surface area contributed by atoms with Crippen LogP contribution in [0.5, 0.6) is 0 Å². The smallest absolute Gasteiger partial charge is 0.278 e. The molecule has 1 aromatic heterocycles. The van der Waals surface area contributed by atoms with Crippen LogP contribution >= 0.6 is 22.9 Å². The molecular formula is C8H8ClN2S+. The second-order valence-corrected chi connectivity index (χ2v) is 4.11. The zero-order valence-electron chi connectivity index (χ0n) is 6.54. The Balaban J connectivity index is 2.87. The van der Waals surface area contributed by atoms with Crippen molar-refractivity contribution in [2.24, 2.45) is 7.05 Å². The Kier molecular flexibility index (Phi) is 1.70. The highest BCUT2D eigenvalue weighted by molar-refractivity contribution is 7.21. The highest BCUT2D eigenvalue weighted by Crippen LogP contribution is 2.24. The Hall–Kier alpha value is -0.800. The normalized spacial score (nSPS) is 10.8. The number of fused-ring (bicyclic) bond motifs is 1. The van der Waals surface area contributed by atoms with Crippen molar-refractivity contribution in [3.63, 3.8) is 0 Å². The molecule has 0 radical (unpaired) electrons. The van der Waals surface area contributed by atoms with E-state index in [1.165, 1.54) is 0 Å². The number of nitrogen functional groups attached to an aromatic ring is 1. The minimum atomic E-state index is 0.754. The van der Waals surface area contributed by atoms with Crippen molar-refractivity contribution in [1.82, 2.24) is 0 Å². The number of thiazole rings is 1. The summed E-state index contributed by atoms with van der Waals surface area (Å²) in [6, 6.07) is 5.78. The van der Waals surface area contributed by atoms with Gasteiger partial charge in [-0.15, -0.1) is 0 Å². The van der Waals surface area contributed by atoms with Crippen molar-refractivity contribution in [2.45, 2.75) is 0 Å². The maximum absolute atomic E-state index is 5.84. The average molecular weight is 200 g/mol. The van der Waals surface area contributed by atoms with Gasteiger partial charge in [-0.3, -0.25) is 5.73 Å². The molecule has 2 rings (SSSR count). The molecule has 12 heavy (non-hydrogen) atoms. The number of hydrogen-bond acceptors (Lipinski definition) is 2. The molecule has 0 fully saturated rings. The predicted molar refractivity (Wildman–Crippen MR) is 52.4 cm³/mol. The molecule has 0 aliphatic heterocycles. The second-order valence-electron chi connectivity index (χ2n) is 2.61. The van der Waals surface area contributed by atoms with Crippen LogP contribution in [-0.4, -0.2) is 0 Å². The van der Waals surface area contributed by atoms with Crippen LogP contribution in [-0.2, 0) is 7.05 Å². The molecule has 0 atom stereocenters. The number of anilines is 1. The maximum atomic E-state index is 5.84. The standard InChI is InChI=1S/C8H7ClN2S/c1-11-6-3-2-5(9)4-7(6)12-8(11)10/h2-4,10H,1H3/p+1. The van der Waals surface area contributed by atoms with Crippen LogP contribution in [0.1, 0.15) is 0 Å². The molecule has 4 heteroatoms. The topological polar surface area (TPSA) is 29.9 Å². The van der Waals surface area contributed by atoms with Gasteiger partial charge in [0.25, 0.3) is 0 Å². The number of benzene rings is 1. The number of rotatable bonds is 0. The van der Waals surface area contributed by atoms with Crippen molar-refractivity contribution >= 4 is 38.3 Å². The molecule has 0 unspecified atom stereocenters. The van der Waals surface area contributed by atoms with Crippen LogP contribution < -0.4 is 10.3 Å². The van der Waals surface area contributed by atoms with Gasteiger partial charge < -0.3 is 0 Å². The fraction of sp³-hybridized carbons (Fsp3) is 0.125. The number of halogens is 1. The Morgan fingerprint density at radius 2 is 2.25 bits per heavy atom. The van der Waals surface area contributed by atoms with Gasteiger partial charge in [0.1, 0.15) is 5.52 Å². The van der Waals surface area contributed by atoms with E-state index in [0.717, 1.165) is 20.4 Å². The fourth-order valence-corrected chi connectivity index (χ4v) is 2.34. The molecule has 0 aliphatic rings. The van der Waals surface area contributed by atoms with E-state index in [2.05, 4.69) is 0 Å². The molecule has 0 aliphatic carbocycles. The van der Waals surface area contributed by atoms with Gasteiger partial charge in [-0.25, -0.2) is 4.57 Å². The molecule has 2 nitrogen and oxygen atoms in total. The third-order valence-electron chi connectivity index (χ3n) is 1.83. The summed E-state index contributed by atoms with van der Waals surface area (Å²) in [5, 5.41) is 1.55. The quantitative estimate of drug-likeness (QED) is 0.646. The Morgan fingerprint density at radius 3 is 3.00 bits per heavy atom. The lowest BCUT2D eigenvalue weighted by atomic mass is 10.3. The lowest BCUT2D eigenvalue weighted by Gasteiger charge is -1.89.